The molecule has 9 heteroatoms. The molecule has 22 heavy (non-hydrogen) atoms. The van der Waals surface area contributed by atoms with Crippen LogP contribution in [0.25, 0.3) is 0 Å². The first-order valence-electron chi connectivity index (χ1n) is 7.20. The van der Waals surface area contributed by atoms with Crippen molar-refractivity contribution in [2.45, 2.75) is 25.4 Å². The van der Waals surface area contributed by atoms with Gasteiger partial charge in [-0.2, -0.15) is 5.26 Å². The van der Waals surface area contributed by atoms with Gasteiger partial charge in [-0.25, -0.2) is 4.98 Å². The predicted octanol–water partition coefficient (Wildman–Crippen LogP) is -0.267. The molecule has 1 atom stereocenters. The summed E-state index contributed by atoms with van der Waals surface area (Å²) < 4.78 is 4.47. The van der Waals surface area contributed by atoms with Crippen LogP contribution in [0.1, 0.15) is 36.0 Å². The molecule has 1 fully saturated rings. The molecule has 0 spiro atoms. The van der Waals surface area contributed by atoms with Crippen molar-refractivity contribution in [2.75, 3.05) is 13.1 Å². The quantitative estimate of drug-likeness (QED) is 0.648. The minimum absolute atomic E-state index is 0.0629. The number of imidazole rings is 1. The molecule has 1 unspecified atom stereocenters. The summed E-state index contributed by atoms with van der Waals surface area (Å²) in [5.41, 5.74) is 1.20. The number of hydrogen-bond acceptors (Lipinski definition) is 7. The highest BCUT2D eigenvalue weighted by atomic mass is 16.8. The number of rotatable bonds is 5. The van der Waals surface area contributed by atoms with Crippen LogP contribution >= 0.6 is 0 Å². The first kappa shape index (κ1) is 14.5. The SMILES string of the molecule is N#Cc1c(CNC(c2cnc[nH]2)C2CCNCC2)no[n+]1[O-]. The lowest BCUT2D eigenvalue weighted by atomic mass is 9.88. The van der Waals surface area contributed by atoms with E-state index in [-0.39, 0.29) is 23.2 Å². The van der Waals surface area contributed by atoms with Gasteiger partial charge in [0.2, 0.25) is 5.69 Å². The van der Waals surface area contributed by atoms with Crippen LogP contribution in [-0.2, 0) is 6.54 Å². The van der Waals surface area contributed by atoms with Crippen LogP contribution in [0.5, 0.6) is 0 Å². The zero-order chi connectivity index (χ0) is 15.4. The molecule has 0 aliphatic carbocycles. The largest absolute Gasteiger partial charge is 0.358 e. The van der Waals surface area contributed by atoms with Crippen LogP contribution in [0.3, 0.4) is 0 Å². The molecule has 1 aliphatic rings. The highest BCUT2D eigenvalue weighted by Gasteiger charge is 2.27. The van der Waals surface area contributed by atoms with Crippen LogP contribution < -0.4 is 15.5 Å². The molecule has 3 heterocycles. The second-order valence-corrected chi connectivity index (χ2v) is 5.29. The van der Waals surface area contributed by atoms with Crippen molar-refractivity contribution < 1.29 is 9.53 Å². The molecule has 3 rings (SSSR count). The van der Waals surface area contributed by atoms with E-state index in [1.54, 1.807) is 18.6 Å². The number of aromatic nitrogens is 4. The van der Waals surface area contributed by atoms with Gasteiger partial charge in [-0.3, -0.25) is 4.63 Å². The average molecular weight is 303 g/mol. The standard InChI is InChI=1S/C13H17N7O2/c14-5-12-10(19-22-20(12)21)7-17-13(11-6-16-8-18-11)9-1-3-15-4-2-9/h6,8-9,13,15,17H,1-4,7H2,(H,16,18). The normalized spacial score (nSPS) is 17.2. The molecule has 1 aliphatic heterocycles. The van der Waals surface area contributed by atoms with E-state index in [1.807, 2.05) is 0 Å². The van der Waals surface area contributed by atoms with Gasteiger partial charge < -0.3 is 20.8 Å². The summed E-state index contributed by atoms with van der Waals surface area (Å²) in [5.74, 6) is 0.443. The Balaban J connectivity index is 1.74. The van der Waals surface area contributed by atoms with E-state index in [0.717, 1.165) is 31.6 Å². The number of hydrogen-bond donors (Lipinski definition) is 3. The van der Waals surface area contributed by atoms with Gasteiger partial charge in [0.1, 0.15) is 0 Å². The highest BCUT2D eigenvalue weighted by Crippen LogP contribution is 2.27. The lowest BCUT2D eigenvalue weighted by Gasteiger charge is -2.30. The van der Waals surface area contributed by atoms with Gasteiger partial charge in [0, 0.05) is 11.4 Å². The average Bonchev–Trinajstić information content (AvgIpc) is 3.19. The zero-order valence-electron chi connectivity index (χ0n) is 12.0. The highest BCUT2D eigenvalue weighted by molar-refractivity contribution is 5.19. The number of piperidine rings is 1. The first-order chi connectivity index (χ1) is 10.8. The molecular weight excluding hydrogens is 286 g/mol. The van der Waals surface area contributed by atoms with E-state index < -0.39 is 0 Å². The summed E-state index contributed by atoms with van der Waals surface area (Å²) in [6.45, 7) is 2.24. The van der Waals surface area contributed by atoms with Gasteiger partial charge in [0.15, 0.2) is 6.07 Å². The van der Waals surface area contributed by atoms with E-state index in [2.05, 4.69) is 30.4 Å². The zero-order valence-corrected chi connectivity index (χ0v) is 12.0. The van der Waals surface area contributed by atoms with Gasteiger partial charge in [-0.05, 0) is 36.8 Å². The monoisotopic (exact) mass is 303 g/mol. The Hall–Kier alpha value is -2.44. The van der Waals surface area contributed by atoms with E-state index in [1.165, 1.54) is 0 Å². The Bertz CT molecular complexity index is 640. The van der Waals surface area contributed by atoms with Crippen molar-refractivity contribution >= 4 is 0 Å². The third-order valence-corrected chi connectivity index (χ3v) is 3.99. The fraction of sp³-hybridized carbons (Fsp3) is 0.538. The Kier molecular flexibility index (Phi) is 4.32. The summed E-state index contributed by atoms with van der Waals surface area (Å²) in [7, 11) is 0. The number of nitrogens with one attached hydrogen (secondary N) is 3. The Morgan fingerprint density at radius 1 is 1.55 bits per heavy atom. The van der Waals surface area contributed by atoms with E-state index in [0.29, 0.717) is 11.6 Å². The summed E-state index contributed by atoms with van der Waals surface area (Å²) in [4.78, 5) is 7.35. The number of aromatic amines is 1. The van der Waals surface area contributed by atoms with Gasteiger partial charge >= 0.3 is 0 Å². The Morgan fingerprint density at radius 2 is 2.36 bits per heavy atom. The maximum atomic E-state index is 11.3. The van der Waals surface area contributed by atoms with Crippen LogP contribution in [0.2, 0.25) is 0 Å². The molecule has 0 bridgehead atoms. The van der Waals surface area contributed by atoms with E-state index in [9.17, 15) is 5.21 Å². The van der Waals surface area contributed by atoms with Gasteiger partial charge in [0.25, 0.3) is 5.69 Å². The van der Waals surface area contributed by atoms with Gasteiger partial charge in [-0.1, -0.05) is 0 Å². The molecule has 0 radical (unpaired) electrons. The topological polar surface area (TPSA) is 130 Å². The smallest absolute Gasteiger partial charge is 0.299 e. The molecule has 116 valence electrons. The summed E-state index contributed by atoms with van der Waals surface area (Å²) in [5, 5.41) is 30.6. The predicted molar refractivity (Wildman–Crippen MR) is 73.9 cm³/mol. The van der Waals surface area contributed by atoms with Crippen LogP contribution in [-0.4, -0.2) is 28.2 Å². The van der Waals surface area contributed by atoms with Crippen LogP contribution in [0.15, 0.2) is 17.2 Å². The molecule has 9 nitrogen and oxygen atoms in total. The maximum Gasteiger partial charge on any atom is 0.299 e. The summed E-state index contributed by atoms with van der Waals surface area (Å²) in [6, 6.07) is 1.87. The maximum absolute atomic E-state index is 11.3. The lowest BCUT2D eigenvalue weighted by Crippen LogP contribution is -2.36. The second kappa shape index (κ2) is 6.55. The minimum Gasteiger partial charge on any atom is -0.358 e. The van der Waals surface area contributed by atoms with Crippen molar-refractivity contribution in [2.24, 2.45) is 5.92 Å². The molecule has 0 aromatic carbocycles. The lowest BCUT2D eigenvalue weighted by molar-refractivity contribution is -0.804. The molecule has 1 saturated heterocycles. The minimum atomic E-state index is -0.110. The van der Waals surface area contributed by atoms with Crippen molar-refractivity contribution in [1.29, 1.82) is 5.26 Å². The van der Waals surface area contributed by atoms with Crippen molar-refractivity contribution in [3.63, 3.8) is 0 Å². The summed E-state index contributed by atoms with van der Waals surface area (Å²) in [6.07, 6.45) is 5.53. The molecule has 2 aromatic heterocycles. The van der Waals surface area contributed by atoms with Crippen molar-refractivity contribution in [3.8, 4) is 6.07 Å². The van der Waals surface area contributed by atoms with E-state index >= 15 is 0 Å². The first-order valence-corrected chi connectivity index (χ1v) is 7.20. The van der Waals surface area contributed by atoms with E-state index in [4.69, 9.17) is 5.26 Å². The third kappa shape index (κ3) is 2.93. The molecule has 3 N–H and O–H groups in total. The van der Waals surface area contributed by atoms with Crippen LogP contribution in [0.4, 0.5) is 0 Å². The fourth-order valence-corrected chi connectivity index (χ4v) is 2.85. The summed E-state index contributed by atoms with van der Waals surface area (Å²) >= 11 is 0. The third-order valence-electron chi connectivity index (χ3n) is 3.99. The second-order valence-electron chi connectivity index (χ2n) is 5.29. The van der Waals surface area contributed by atoms with Crippen LogP contribution in [0, 0.1) is 22.5 Å². The molecule has 0 amide bonds. The van der Waals surface area contributed by atoms with Crippen molar-refractivity contribution in [3.05, 3.63) is 34.8 Å². The number of H-pyrrole nitrogens is 1. The fourth-order valence-electron chi connectivity index (χ4n) is 2.85. The van der Waals surface area contributed by atoms with Gasteiger partial charge in [-0.15, -0.1) is 0 Å². The van der Waals surface area contributed by atoms with Crippen molar-refractivity contribution in [1.82, 2.24) is 25.8 Å². The molecular formula is C13H17N7O2. The molecule has 0 saturated carbocycles. The Labute approximate surface area is 126 Å². The number of nitriles is 1. The Morgan fingerprint density at radius 3 is 3.05 bits per heavy atom. The molecule has 2 aromatic rings. The van der Waals surface area contributed by atoms with Gasteiger partial charge in [0.05, 0.1) is 24.6 Å². The number of nitrogens with zero attached hydrogens (tertiary/aromatic N) is 4.